The molecule has 19 heavy (non-hydrogen) atoms. The van der Waals surface area contributed by atoms with E-state index in [-0.39, 0.29) is 0 Å². The first-order valence-electron chi connectivity index (χ1n) is 6.76. The lowest BCUT2D eigenvalue weighted by Crippen LogP contribution is -2.34. The highest BCUT2D eigenvalue weighted by Gasteiger charge is 2.30. The SMILES string of the molecule is Cc1ccsc1C1CCNCC1c1ccccc1Cl. The van der Waals surface area contributed by atoms with E-state index in [2.05, 4.69) is 35.8 Å². The van der Waals surface area contributed by atoms with Crippen molar-refractivity contribution in [3.05, 3.63) is 56.7 Å². The van der Waals surface area contributed by atoms with E-state index in [1.54, 1.807) is 0 Å². The molecular formula is C16H18ClNS. The number of halogens is 1. The lowest BCUT2D eigenvalue weighted by atomic mass is 9.80. The number of aryl methyl sites for hydroxylation is 1. The monoisotopic (exact) mass is 291 g/mol. The molecule has 2 aromatic rings. The van der Waals surface area contributed by atoms with Crippen molar-refractivity contribution in [3.63, 3.8) is 0 Å². The van der Waals surface area contributed by atoms with Crippen LogP contribution in [0.2, 0.25) is 5.02 Å². The average molecular weight is 292 g/mol. The van der Waals surface area contributed by atoms with E-state index >= 15 is 0 Å². The largest absolute Gasteiger partial charge is 0.316 e. The third-order valence-corrected chi connectivity index (χ3v) is 5.52. The third kappa shape index (κ3) is 2.58. The van der Waals surface area contributed by atoms with Gasteiger partial charge in [0.1, 0.15) is 0 Å². The molecule has 3 rings (SSSR count). The van der Waals surface area contributed by atoms with E-state index in [1.165, 1.54) is 22.4 Å². The zero-order chi connectivity index (χ0) is 13.2. The Labute approximate surface area is 123 Å². The molecule has 2 unspecified atom stereocenters. The fourth-order valence-corrected chi connectivity index (χ4v) is 4.44. The van der Waals surface area contributed by atoms with Crippen LogP contribution in [0, 0.1) is 6.92 Å². The molecular weight excluding hydrogens is 274 g/mol. The molecule has 0 bridgehead atoms. The van der Waals surface area contributed by atoms with E-state index in [0.29, 0.717) is 11.8 Å². The maximum absolute atomic E-state index is 6.40. The minimum absolute atomic E-state index is 0.486. The second kappa shape index (κ2) is 5.66. The molecule has 1 N–H and O–H groups in total. The van der Waals surface area contributed by atoms with Crippen LogP contribution in [0.15, 0.2) is 35.7 Å². The summed E-state index contributed by atoms with van der Waals surface area (Å²) in [5, 5.41) is 6.62. The number of hydrogen-bond donors (Lipinski definition) is 1. The second-order valence-corrected chi connectivity index (χ2v) is 6.55. The molecule has 2 heterocycles. The van der Waals surface area contributed by atoms with Crippen LogP contribution in [-0.2, 0) is 0 Å². The predicted octanol–water partition coefficient (Wildman–Crippen LogP) is 4.57. The van der Waals surface area contributed by atoms with Crippen molar-refractivity contribution in [3.8, 4) is 0 Å². The summed E-state index contributed by atoms with van der Waals surface area (Å²) < 4.78 is 0. The Morgan fingerprint density at radius 1 is 1.21 bits per heavy atom. The zero-order valence-corrected chi connectivity index (χ0v) is 12.6. The molecule has 3 heteroatoms. The van der Waals surface area contributed by atoms with Crippen LogP contribution in [-0.4, -0.2) is 13.1 Å². The Kier molecular flexibility index (Phi) is 3.92. The van der Waals surface area contributed by atoms with Crippen molar-refractivity contribution in [2.75, 3.05) is 13.1 Å². The summed E-state index contributed by atoms with van der Waals surface area (Å²) in [6, 6.07) is 10.5. The molecule has 0 spiro atoms. The highest BCUT2D eigenvalue weighted by atomic mass is 35.5. The Hall–Kier alpha value is -0.830. The smallest absolute Gasteiger partial charge is 0.0441 e. The molecule has 0 amide bonds. The lowest BCUT2D eigenvalue weighted by Gasteiger charge is -2.33. The van der Waals surface area contributed by atoms with Gasteiger partial charge in [0.05, 0.1) is 0 Å². The van der Waals surface area contributed by atoms with Gasteiger partial charge in [-0.1, -0.05) is 29.8 Å². The summed E-state index contributed by atoms with van der Waals surface area (Å²) in [7, 11) is 0. The van der Waals surface area contributed by atoms with Crippen LogP contribution in [0.4, 0.5) is 0 Å². The number of thiophene rings is 1. The van der Waals surface area contributed by atoms with Gasteiger partial charge in [-0.3, -0.25) is 0 Å². The maximum atomic E-state index is 6.40. The molecule has 1 saturated heterocycles. The Morgan fingerprint density at radius 2 is 2.05 bits per heavy atom. The predicted molar refractivity (Wildman–Crippen MR) is 83.5 cm³/mol. The molecule has 1 aromatic carbocycles. The molecule has 1 aromatic heterocycles. The number of nitrogens with one attached hydrogen (secondary N) is 1. The molecule has 1 nitrogen and oxygen atoms in total. The maximum Gasteiger partial charge on any atom is 0.0441 e. The lowest BCUT2D eigenvalue weighted by molar-refractivity contribution is 0.407. The van der Waals surface area contributed by atoms with E-state index in [4.69, 9.17) is 11.6 Å². The number of benzene rings is 1. The first kappa shape index (κ1) is 13.2. The molecule has 2 atom stereocenters. The Bertz CT molecular complexity index is 563. The van der Waals surface area contributed by atoms with Gasteiger partial charge in [-0.2, -0.15) is 0 Å². The topological polar surface area (TPSA) is 12.0 Å². The molecule has 0 aliphatic carbocycles. The van der Waals surface area contributed by atoms with Crippen molar-refractivity contribution < 1.29 is 0 Å². The van der Waals surface area contributed by atoms with Gasteiger partial charge in [-0.05, 0) is 48.5 Å². The van der Waals surface area contributed by atoms with Crippen LogP contribution in [0.1, 0.15) is 34.3 Å². The van der Waals surface area contributed by atoms with Crippen molar-refractivity contribution in [1.29, 1.82) is 0 Å². The fourth-order valence-electron chi connectivity index (χ4n) is 3.04. The molecule has 1 aliphatic rings. The summed E-state index contributed by atoms with van der Waals surface area (Å²) in [6.45, 7) is 4.34. The first-order valence-corrected chi connectivity index (χ1v) is 8.02. The van der Waals surface area contributed by atoms with E-state index in [0.717, 1.165) is 18.1 Å². The van der Waals surface area contributed by atoms with Gasteiger partial charge >= 0.3 is 0 Å². The number of rotatable bonds is 2. The highest BCUT2D eigenvalue weighted by Crippen LogP contribution is 2.42. The number of piperidine rings is 1. The van der Waals surface area contributed by atoms with Gasteiger partial charge in [0.25, 0.3) is 0 Å². The van der Waals surface area contributed by atoms with Crippen LogP contribution in [0.5, 0.6) is 0 Å². The standard InChI is InChI=1S/C16H18ClNS/c1-11-7-9-19-16(11)13-6-8-18-10-14(13)12-4-2-3-5-15(12)17/h2-5,7,9,13-14,18H,6,8,10H2,1H3. The molecule has 0 radical (unpaired) electrons. The van der Waals surface area contributed by atoms with Gasteiger partial charge in [0.2, 0.25) is 0 Å². The van der Waals surface area contributed by atoms with Crippen molar-refractivity contribution >= 4 is 22.9 Å². The van der Waals surface area contributed by atoms with Crippen LogP contribution in [0.25, 0.3) is 0 Å². The summed E-state index contributed by atoms with van der Waals surface area (Å²) in [4.78, 5) is 1.53. The zero-order valence-electron chi connectivity index (χ0n) is 11.0. The van der Waals surface area contributed by atoms with E-state index in [1.807, 2.05) is 23.5 Å². The van der Waals surface area contributed by atoms with Crippen molar-refractivity contribution in [2.45, 2.75) is 25.2 Å². The molecule has 0 saturated carbocycles. The Morgan fingerprint density at radius 3 is 2.79 bits per heavy atom. The highest BCUT2D eigenvalue weighted by molar-refractivity contribution is 7.10. The summed E-state index contributed by atoms with van der Waals surface area (Å²) in [5.41, 5.74) is 2.71. The second-order valence-electron chi connectivity index (χ2n) is 5.20. The summed E-state index contributed by atoms with van der Waals surface area (Å²) in [5.74, 6) is 1.08. The summed E-state index contributed by atoms with van der Waals surface area (Å²) >= 11 is 8.29. The molecule has 1 aliphatic heterocycles. The van der Waals surface area contributed by atoms with Gasteiger partial charge in [-0.25, -0.2) is 0 Å². The van der Waals surface area contributed by atoms with E-state index in [9.17, 15) is 0 Å². The van der Waals surface area contributed by atoms with E-state index < -0.39 is 0 Å². The molecule has 1 fully saturated rings. The average Bonchev–Trinajstić information content (AvgIpc) is 2.86. The van der Waals surface area contributed by atoms with Gasteiger partial charge in [0.15, 0.2) is 0 Å². The van der Waals surface area contributed by atoms with Gasteiger partial charge in [-0.15, -0.1) is 11.3 Å². The van der Waals surface area contributed by atoms with Crippen molar-refractivity contribution in [1.82, 2.24) is 5.32 Å². The van der Waals surface area contributed by atoms with Gasteiger partial charge < -0.3 is 5.32 Å². The summed E-state index contributed by atoms with van der Waals surface area (Å²) in [6.07, 6.45) is 1.19. The molecule has 100 valence electrons. The minimum atomic E-state index is 0.486. The van der Waals surface area contributed by atoms with Crippen molar-refractivity contribution in [2.24, 2.45) is 0 Å². The third-order valence-electron chi connectivity index (χ3n) is 4.03. The van der Waals surface area contributed by atoms with Crippen LogP contribution in [0.3, 0.4) is 0 Å². The van der Waals surface area contributed by atoms with Gasteiger partial charge in [0, 0.05) is 28.3 Å². The quantitative estimate of drug-likeness (QED) is 0.854. The normalized spacial score (nSPS) is 23.5. The van der Waals surface area contributed by atoms with Crippen LogP contribution >= 0.6 is 22.9 Å². The van der Waals surface area contributed by atoms with Crippen LogP contribution < -0.4 is 5.32 Å². The minimum Gasteiger partial charge on any atom is -0.316 e. The Balaban J connectivity index is 1.98. The fraction of sp³-hybridized carbons (Fsp3) is 0.375. The number of hydrogen-bond acceptors (Lipinski definition) is 2. The first-order chi connectivity index (χ1) is 9.27.